The monoisotopic (exact) mass is 235 g/mol. The van der Waals surface area contributed by atoms with Gasteiger partial charge in [-0.15, -0.1) is 0 Å². The molecule has 1 rings (SSSR count). The van der Waals surface area contributed by atoms with Crippen LogP contribution in [0, 0.1) is 13.8 Å². The molecule has 0 aliphatic heterocycles. The van der Waals surface area contributed by atoms with E-state index in [1.165, 1.54) is 16.7 Å². The smallest absolute Gasteiger partial charge is 0.119 e. The summed E-state index contributed by atoms with van der Waals surface area (Å²) in [5.41, 5.74) is 9.91. The van der Waals surface area contributed by atoms with Crippen molar-refractivity contribution in [1.82, 2.24) is 0 Å². The van der Waals surface area contributed by atoms with Crippen LogP contribution >= 0.6 is 0 Å². The Morgan fingerprint density at radius 1 is 1.12 bits per heavy atom. The lowest BCUT2D eigenvalue weighted by atomic mass is 9.88. The number of methoxy groups -OCH3 is 1. The molecule has 0 bridgehead atoms. The Bertz CT molecular complexity index is 348. The normalized spacial score (nSPS) is 14.5. The summed E-state index contributed by atoms with van der Waals surface area (Å²) in [6, 6.07) is 4.52. The van der Waals surface area contributed by atoms with E-state index in [1.807, 2.05) is 0 Å². The molecule has 0 aliphatic carbocycles. The van der Waals surface area contributed by atoms with Gasteiger partial charge in [0.1, 0.15) is 5.75 Å². The highest BCUT2D eigenvalue weighted by Crippen LogP contribution is 2.30. The number of benzene rings is 1. The minimum atomic E-state index is 0.288. The first kappa shape index (κ1) is 14.0. The second-order valence-corrected chi connectivity index (χ2v) is 5.13. The minimum absolute atomic E-state index is 0.288. The van der Waals surface area contributed by atoms with Crippen molar-refractivity contribution in [2.45, 2.75) is 52.5 Å². The molecule has 0 aliphatic rings. The first-order valence-electron chi connectivity index (χ1n) is 6.36. The molecule has 0 amide bonds. The largest absolute Gasteiger partial charge is 0.497 e. The topological polar surface area (TPSA) is 35.2 Å². The lowest BCUT2D eigenvalue weighted by Gasteiger charge is -2.19. The molecule has 0 fully saturated rings. The van der Waals surface area contributed by atoms with Crippen LogP contribution in [0.25, 0.3) is 0 Å². The fraction of sp³-hybridized carbons (Fsp3) is 0.600. The van der Waals surface area contributed by atoms with E-state index in [1.54, 1.807) is 7.11 Å². The van der Waals surface area contributed by atoms with Gasteiger partial charge in [-0.3, -0.25) is 0 Å². The highest BCUT2D eigenvalue weighted by molar-refractivity contribution is 5.42. The van der Waals surface area contributed by atoms with E-state index >= 15 is 0 Å². The van der Waals surface area contributed by atoms with Crippen LogP contribution in [0.15, 0.2) is 12.1 Å². The van der Waals surface area contributed by atoms with Gasteiger partial charge in [-0.1, -0.05) is 6.92 Å². The molecule has 0 saturated heterocycles. The molecular weight excluding hydrogens is 210 g/mol. The third-order valence-electron chi connectivity index (χ3n) is 3.35. The molecule has 0 aromatic heterocycles. The first-order valence-corrected chi connectivity index (χ1v) is 6.36. The Labute approximate surface area is 105 Å². The van der Waals surface area contributed by atoms with Crippen molar-refractivity contribution in [3.8, 4) is 5.75 Å². The predicted molar refractivity (Wildman–Crippen MR) is 73.8 cm³/mol. The summed E-state index contributed by atoms with van der Waals surface area (Å²) in [7, 11) is 1.72. The summed E-state index contributed by atoms with van der Waals surface area (Å²) in [5.74, 6) is 1.51. The Kier molecular flexibility index (Phi) is 5.01. The van der Waals surface area contributed by atoms with Crippen molar-refractivity contribution in [2.75, 3.05) is 7.11 Å². The van der Waals surface area contributed by atoms with Crippen LogP contribution in [0.5, 0.6) is 5.75 Å². The van der Waals surface area contributed by atoms with Gasteiger partial charge in [0.2, 0.25) is 0 Å². The van der Waals surface area contributed by atoms with E-state index in [4.69, 9.17) is 10.5 Å². The van der Waals surface area contributed by atoms with Gasteiger partial charge in [-0.05, 0) is 68.4 Å². The van der Waals surface area contributed by atoms with E-state index in [2.05, 4.69) is 39.8 Å². The Morgan fingerprint density at radius 2 is 1.65 bits per heavy atom. The third-order valence-corrected chi connectivity index (χ3v) is 3.35. The molecule has 0 heterocycles. The molecule has 2 N–H and O–H groups in total. The van der Waals surface area contributed by atoms with Crippen molar-refractivity contribution in [1.29, 1.82) is 0 Å². The minimum Gasteiger partial charge on any atom is -0.497 e. The summed E-state index contributed by atoms with van der Waals surface area (Å²) in [6.45, 7) is 8.67. The lowest BCUT2D eigenvalue weighted by Crippen LogP contribution is -2.15. The Balaban J connectivity index is 2.89. The maximum atomic E-state index is 5.82. The zero-order chi connectivity index (χ0) is 13.0. The van der Waals surface area contributed by atoms with Crippen molar-refractivity contribution in [2.24, 2.45) is 5.73 Å². The number of rotatable bonds is 5. The molecule has 2 nitrogen and oxygen atoms in total. The fourth-order valence-electron chi connectivity index (χ4n) is 2.49. The maximum Gasteiger partial charge on any atom is 0.119 e. The molecule has 2 heteroatoms. The van der Waals surface area contributed by atoms with E-state index in [0.717, 1.165) is 18.6 Å². The van der Waals surface area contributed by atoms with E-state index in [0.29, 0.717) is 5.92 Å². The summed E-state index contributed by atoms with van der Waals surface area (Å²) in [6.07, 6.45) is 2.22. The van der Waals surface area contributed by atoms with Crippen LogP contribution in [-0.4, -0.2) is 13.2 Å². The average molecular weight is 235 g/mol. The van der Waals surface area contributed by atoms with Crippen molar-refractivity contribution in [3.63, 3.8) is 0 Å². The van der Waals surface area contributed by atoms with Gasteiger partial charge < -0.3 is 10.5 Å². The second-order valence-electron chi connectivity index (χ2n) is 5.13. The highest BCUT2D eigenvalue weighted by atomic mass is 16.5. The summed E-state index contributed by atoms with van der Waals surface area (Å²) in [4.78, 5) is 0. The number of nitrogens with two attached hydrogens (primary N) is 1. The van der Waals surface area contributed by atoms with Gasteiger partial charge in [0, 0.05) is 6.04 Å². The van der Waals surface area contributed by atoms with Crippen LogP contribution in [-0.2, 0) is 0 Å². The SMILES string of the molecule is COc1cc(C)c(C(C)CCC(C)N)c(C)c1. The van der Waals surface area contributed by atoms with E-state index in [9.17, 15) is 0 Å². The van der Waals surface area contributed by atoms with Crippen LogP contribution in [0.3, 0.4) is 0 Å². The van der Waals surface area contributed by atoms with Gasteiger partial charge in [-0.25, -0.2) is 0 Å². The van der Waals surface area contributed by atoms with Crippen LogP contribution < -0.4 is 10.5 Å². The zero-order valence-electron chi connectivity index (χ0n) is 11.7. The second kappa shape index (κ2) is 6.06. The van der Waals surface area contributed by atoms with Crippen molar-refractivity contribution >= 4 is 0 Å². The molecule has 96 valence electrons. The Morgan fingerprint density at radius 3 is 2.06 bits per heavy atom. The molecule has 2 atom stereocenters. The van der Waals surface area contributed by atoms with Gasteiger partial charge in [0.25, 0.3) is 0 Å². The zero-order valence-corrected chi connectivity index (χ0v) is 11.7. The van der Waals surface area contributed by atoms with Crippen molar-refractivity contribution < 1.29 is 4.74 Å². The number of hydrogen-bond acceptors (Lipinski definition) is 2. The molecular formula is C15H25NO. The molecule has 17 heavy (non-hydrogen) atoms. The van der Waals surface area contributed by atoms with Crippen LogP contribution in [0.4, 0.5) is 0 Å². The number of aryl methyl sites for hydroxylation is 2. The number of hydrogen-bond donors (Lipinski definition) is 1. The van der Waals surface area contributed by atoms with E-state index in [-0.39, 0.29) is 6.04 Å². The maximum absolute atomic E-state index is 5.82. The van der Waals surface area contributed by atoms with Gasteiger partial charge >= 0.3 is 0 Å². The quantitative estimate of drug-likeness (QED) is 0.847. The molecule has 1 aromatic carbocycles. The van der Waals surface area contributed by atoms with Gasteiger partial charge in [-0.2, -0.15) is 0 Å². The van der Waals surface area contributed by atoms with Crippen LogP contribution in [0.2, 0.25) is 0 Å². The highest BCUT2D eigenvalue weighted by Gasteiger charge is 2.13. The Hall–Kier alpha value is -1.02. The molecule has 2 unspecified atom stereocenters. The first-order chi connectivity index (χ1) is 7.95. The summed E-state index contributed by atoms with van der Waals surface area (Å²) < 4.78 is 5.29. The third kappa shape index (κ3) is 3.74. The number of ether oxygens (including phenoxy) is 1. The molecule has 1 aromatic rings. The van der Waals surface area contributed by atoms with Gasteiger partial charge in [0.15, 0.2) is 0 Å². The summed E-state index contributed by atoms with van der Waals surface area (Å²) in [5, 5.41) is 0. The molecule has 0 radical (unpaired) electrons. The molecule has 0 spiro atoms. The standard InChI is InChI=1S/C15H25NO/c1-10(6-7-13(4)16)15-11(2)8-14(17-5)9-12(15)3/h8-10,13H,6-7,16H2,1-5H3. The average Bonchev–Trinajstić information content (AvgIpc) is 2.25. The lowest BCUT2D eigenvalue weighted by molar-refractivity contribution is 0.413. The molecule has 0 saturated carbocycles. The predicted octanol–water partition coefficient (Wildman–Crippen LogP) is 3.54. The van der Waals surface area contributed by atoms with E-state index < -0.39 is 0 Å². The van der Waals surface area contributed by atoms with Crippen molar-refractivity contribution in [3.05, 3.63) is 28.8 Å². The summed E-state index contributed by atoms with van der Waals surface area (Å²) >= 11 is 0. The van der Waals surface area contributed by atoms with Crippen LogP contribution in [0.1, 0.15) is 49.3 Å². The van der Waals surface area contributed by atoms with Gasteiger partial charge in [0.05, 0.1) is 7.11 Å². The fourth-order valence-corrected chi connectivity index (χ4v) is 2.49.